The maximum atomic E-state index is 12.9. The van der Waals surface area contributed by atoms with Crippen molar-refractivity contribution >= 4 is 39.4 Å². The first kappa shape index (κ1) is 21.1. The highest BCUT2D eigenvalue weighted by molar-refractivity contribution is 9.10. The Morgan fingerprint density at radius 2 is 1.80 bits per heavy atom. The number of halogens is 1. The molecule has 156 valence electrons. The SMILES string of the molecule is CC(Sc1nnc(N2CCOCC2)n1Cc1ccccc1)C(=O)c1ccc(Br)cc1. The third-order valence-electron chi connectivity index (χ3n) is 4.95. The predicted octanol–water partition coefficient (Wildman–Crippen LogP) is 4.29. The summed E-state index contributed by atoms with van der Waals surface area (Å²) >= 11 is 4.87. The summed E-state index contributed by atoms with van der Waals surface area (Å²) in [6.07, 6.45) is 0. The highest BCUT2D eigenvalue weighted by Crippen LogP contribution is 2.29. The van der Waals surface area contributed by atoms with Crippen LogP contribution in [0.4, 0.5) is 5.95 Å². The molecule has 0 radical (unpaired) electrons. The Balaban J connectivity index is 1.59. The molecule has 1 aliphatic rings. The third kappa shape index (κ3) is 4.94. The Kier molecular flexibility index (Phi) is 6.86. The smallest absolute Gasteiger partial charge is 0.228 e. The van der Waals surface area contributed by atoms with Crippen LogP contribution < -0.4 is 4.90 Å². The fraction of sp³-hybridized carbons (Fsp3) is 0.318. The van der Waals surface area contributed by atoms with E-state index in [1.54, 1.807) is 0 Å². The minimum atomic E-state index is -0.276. The van der Waals surface area contributed by atoms with Crippen LogP contribution in [0.2, 0.25) is 0 Å². The van der Waals surface area contributed by atoms with Gasteiger partial charge in [0, 0.05) is 23.1 Å². The molecule has 1 aliphatic heterocycles. The van der Waals surface area contributed by atoms with Gasteiger partial charge in [-0.2, -0.15) is 0 Å². The van der Waals surface area contributed by atoms with E-state index in [1.165, 1.54) is 17.3 Å². The van der Waals surface area contributed by atoms with E-state index >= 15 is 0 Å². The molecule has 1 atom stereocenters. The number of hydrogen-bond acceptors (Lipinski definition) is 6. The van der Waals surface area contributed by atoms with Crippen LogP contribution in [-0.4, -0.2) is 52.1 Å². The molecular formula is C22H23BrN4O2S. The molecule has 3 aromatic rings. The molecule has 0 saturated carbocycles. The molecule has 8 heteroatoms. The fourth-order valence-corrected chi connectivity index (χ4v) is 4.52. The van der Waals surface area contributed by atoms with Crippen molar-refractivity contribution in [3.05, 3.63) is 70.2 Å². The van der Waals surface area contributed by atoms with Crippen molar-refractivity contribution in [3.8, 4) is 0 Å². The zero-order valence-electron chi connectivity index (χ0n) is 16.7. The Hall–Kier alpha value is -2.16. The largest absolute Gasteiger partial charge is 0.378 e. The molecule has 1 saturated heterocycles. The molecule has 1 aromatic heterocycles. The Bertz CT molecular complexity index is 988. The van der Waals surface area contributed by atoms with Crippen LogP contribution in [0, 0.1) is 0 Å². The normalized spacial score (nSPS) is 15.2. The van der Waals surface area contributed by atoms with Crippen molar-refractivity contribution in [1.82, 2.24) is 14.8 Å². The zero-order valence-corrected chi connectivity index (χ0v) is 19.1. The highest BCUT2D eigenvalue weighted by atomic mass is 79.9. The van der Waals surface area contributed by atoms with Crippen LogP contribution in [-0.2, 0) is 11.3 Å². The number of benzene rings is 2. The molecule has 1 fully saturated rings. The summed E-state index contributed by atoms with van der Waals surface area (Å²) in [6, 6.07) is 17.7. The number of thioether (sulfide) groups is 1. The lowest BCUT2D eigenvalue weighted by atomic mass is 10.1. The molecule has 0 spiro atoms. The number of carbonyl (C=O) groups is 1. The van der Waals surface area contributed by atoms with Gasteiger partial charge in [0.15, 0.2) is 10.9 Å². The summed E-state index contributed by atoms with van der Waals surface area (Å²) in [4.78, 5) is 15.1. The van der Waals surface area contributed by atoms with Gasteiger partial charge in [0.25, 0.3) is 0 Å². The quantitative estimate of drug-likeness (QED) is 0.366. The molecule has 4 rings (SSSR count). The number of ketones is 1. The van der Waals surface area contributed by atoms with Crippen LogP contribution in [0.5, 0.6) is 0 Å². The Morgan fingerprint density at radius 3 is 2.50 bits per heavy atom. The molecule has 2 heterocycles. The molecule has 0 bridgehead atoms. The zero-order chi connectivity index (χ0) is 20.9. The summed E-state index contributed by atoms with van der Waals surface area (Å²) in [7, 11) is 0. The Labute approximate surface area is 188 Å². The second kappa shape index (κ2) is 9.76. The average Bonchev–Trinajstić information content (AvgIpc) is 3.17. The number of morpholine rings is 1. The van der Waals surface area contributed by atoms with Crippen LogP contribution in [0.3, 0.4) is 0 Å². The fourth-order valence-electron chi connectivity index (χ4n) is 3.33. The number of rotatable bonds is 7. The van der Waals surface area contributed by atoms with Crippen molar-refractivity contribution in [2.75, 3.05) is 31.2 Å². The molecule has 30 heavy (non-hydrogen) atoms. The first-order valence-corrected chi connectivity index (χ1v) is 11.6. The summed E-state index contributed by atoms with van der Waals surface area (Å²) in [5, 5.41) is 9.40. The molecule has 6 nitrogen and oxygen atoms in total. The number of Topliss-reactive ketones (excluding diaryl/α,β-unsaturated/α-hetero) is 1. The number of nitrogens with zero attached hydrogens (tertiary/aromatic N) is 4. The lowest BCUT2D eigenvalue weighted by Gasteiger charge is -2.28. The van der Waals surface area contributed by atoms with Gasteiger partial charge in [-0.1, -0.05) is 70.2 Å². The van der Waals surface area contributed by atoms with Gasteiger partial charge in [-0.05, 0) is 24.6 Å². The number of carbonyl (C=O) groups excluding carboxylic acids is 1. The van der Waals surface area contributed by atoms with E-state index in [4.69, 9.17) is 4.74 Å². The molecule has 0 aliphatic carbocycles. The second-order valence-corrected chi connectivity index (χ2v) is 9.31. The molecular weight excluding hydrogens is 464 g/mol. The molecule has 0 amide bonds. The summed E-state index contributed by atoms with van der Waals surface area (Å²) in [5.41, 5.74) is 1.86. The molecule has 0 N–H and O–H groups in total. The van der Waals surface area contributed by atoms with Gasteiger partial charge >= 0.3 is 0 Å². The highest BCUT2D eigenvalue weighted by Gasteiger charge is 2.24. The monoisotopic (exact) mass is 486 g/mol. The number of ether oxygens (including phenoxy) is 1. The lowest BCUT2D eigenvalue weighted by Crippen LogP contribution is -2.38. The van der Waals surface area contributed by atoms with E-state index in [0.29, 0.717) is 25.3 Å². The van der Waals surface area contributed by atoms with Gasteiger partial charge in [0.05, 0.1) is 25.0 Å². The number of aromatic nitrogens is 3. The van der Waals surface area contributed by atoms with Gasteiger partial charge < -0.3 is 9.64 Å². The van der Waals surface area contributed by atoms with E-state index in [0.717, 1.165) is 28.7 Å². The van der Waals surface area contributed by atoms with Gasteiger partial charge in [0.2, 0.25) is 5.95 Å². The standard InChI is InChI=1S/C22H23BrN4O2S/c1-16(20(28)18-7-9-19(23)10-8-18)30-22-25-24-21(26-11-13-29-14-12-26)27(22)15-17-5-3-2-4-6-17/h2-10,16H,11-15H2,1H3. The van der Waals surface area contributed by atoms with Crippen LogP contribution in [0.15, 0.2) is 64.2 Å². The summed E-state index contributed by atoms with van der Waals surface area (Å²) < 4.78 is 8.55. The van der Waals surface area contributed by atoms with E-state index in [1.807, 2.05) is 49.4 Å². The van der Waals surface area contributed by atoms with Crippen molar-refractivity contribution in [2.24, 2.45) is 0 Å². The molecule has 2 aromatic carbocycles. The van der Waals surface area contributed by atoms with E-state index in [-0.39, 0.29) is 11.0 Å². The number of anilines is 1. The van der Waals surface area contributed by atoms with Crippen LogP contribution in [0.1, 0.15) is 22.8 Å². The van der Waals surface area contributed by atoms with Crippen molar-refractivity contribution in [3.63, 3.8) is 0 Å². The van der Waals surface area contributed by atoms with Crippen molar-refractivity contribution in [2.45, 2.75) is 23.9 Å². The topological polar surface area (TPSA) is 60.2 Å². The minimum Gasteiger partial charge on any atom is -0.378 e. The first-order chi connectivity index (χ1) is 14.6. The van der Waals surface area contributed by atoms with Gasteiger partial charge in [-0.15, -0.1) is 10.2 Å². The first-order valence-electron chi connectivity index (χ1n) is 9.88. The van der Waals surface area contributed by atoms with Gasteiger partial charge in [0.1, 0.15) is 0 Å². The van der Waals surface area contributed by atoms with Crippen molar-refractivity contribution in [1.29, 1.82) is 0 Å². The molecule has 1 unspecified atom stereocenters. The second-order valence-electron chi connectivity index (χ2n) is 7.08. The minimum absolute atomic E-state index is 0.0784. The number of hydrogen-bond donors (Lipinski definition) is 0. The Morgan fingerprint density at radius 1 is 1.10 bits per heavy atom. The predicted molar refractivity (Wildman–Crippen MR) is 122 cm³/mol. The average molecular weight is 487 g/mol. The third-order valence-corrected chi connectivity index (χ3v) is 6.56. The van der Waals surface area contributed by atoms with Gasteiger partial charge in [-0.3, -0.25) is 9.36 Å². The van der Waals surface area contributed by atoms with Crippen molar-refractivity contribution < 1.29 is 9.53 Å². The summed E-state index contributed by atoms with van der Waals surface area (Å²) in [6.45, 7) is 5.50. The maximum Gasteiger partial charge on any atom is 0.228 e. The summed E-state index contributed by atoms with van der Waals surface area (Å²) in [5.74, 6) is 0.905. The van der Waals surface area contributed by atoms with Crippen LogP contribution in [0.25, 0.3) is 0 Å². The maximum absolute atomic E-state index is 12.9. The van der Waals surface area contributed by atoms with E-state index < -0.39 is 0 Å². The lowest BCUT2D eigenvalue weighted by molar-refractivity contribution is 0.0994. The van der Waals surface area contributed by atoms with Gasteiger partial charge in [-0.25, -0.2) is 0 Å². The van der Waals surface area contributed by atoms with Crippen LogP contribution >= 0.6 is 27.7 Å². The van der Waals surface area contributed by atoms with E-state index in [9.17, 15) is 4.79 Å². The van der Waals surface area contributed by atoms with E-state index in [2.05, 4.69) is 47.7 Å².